The van der Waals surface area contributed by atoms with Crippen molar-refractivity contribution in [3.8, 4) is 11.1 Å². The van der Waals surface area contributed by atoms with Gasteiger partial charge in [-0.05, 0) is 55.5 Å². The van der Waals surface area contributed by atoms with Gasteiger partial charge < -0.3 is 15.1 Å². The molecule has 7 rings (SSSR count). The van der Waals surface area contributed by atoms with Crippen molar-refractivity contribution in [2.75, 3.05) is 18.0 Å². The normalized spacial score (nSPS) is 17.9. The zero-order chi connectivity index (χ0) is 28.2. The van der Waals surface area contributed by atoms with E-state index in [0.717, 1.165) is 47.2 Å². The molecule has 41 heavy (non-hydrogen) atoms. The molecule has 5 aromatic rings. The summed E-state index contributed by atoms with van der Waals surface area (Å²) < 4.78 is 17.0. The smallest absolute Gasteiger partial charge is 0.225 e. The van der Waals surface area contributed by atoms with E-state index < -0.39 is 11.2 Å². The molecular weight excluding hydrogens is 523 g/mol. The van der Waals surface area contributed by atoms with Crippen molar-refractivity contribution in [3.05, 3.63) is 96.4 Å². The van der Waals surface area contributed by atoms with E-state index >= 15 is 0 Å². The Kier molecular flexibility index (Phi) is 5.95. The lowest BCUT2D eigenvalue weighted by atomic mass is 9.90. The summed E-state index contributed by atoms with van der Waals surface area (Å²) in [4.78, 5) is 15.7. The number of aliphatic hydroxyl groups is 2. The lowest BCUT2D eigenvalue weighted by Crippen LogP contribution is -2.30. The molecule has 0 radical (unpaired) electrons. The van der Waals surface area contributed by atoms with Crippen LogP contribution in [0.4, 0.5) is 10.3 Å². The molecule has 0 spiro atoms. The molecule has 1 atom stereocenters. The molecule has 11 heteroatoms. The first-order chi connectivity index (χ1) is 19.8. The van der Waals surface area contributed by atoms with Gasteiger partial charge in [-0.25, -0.2) is 23.9 Å². The molecule has 0 amide bonds. The molecule has 0 saturated heterocycles. The maximum absolute atomic E-state index is 13.3. The fourth-order valence-electron chi connectivity index (χ4n) is 5.28. The maximum Gasteiger partial charge on any atom is 0.225 e. The molecule has 1 saturated carbocycles. The van der Waals surface area contributed by atoms with Gasteiger partial charge in [0.1, 0.15) is 17.7 Å². The quantitative estimate of drug-likeness (QED) is 0.315. The molecule has 1 unspecified atom stereocenters. The Bertz CT molecular complexity index is 1750. The van der Waals surface area contributed by atoms with E-state index in [9.17, 15) is 14.6 Å². The number of anilines is 1. The van der Waals surface area contributed by atoms with Gasteiger partial charge in [-0.15, -0.1) is 0 Å². The topological polar surface area (TPSA) is 117 Å². The van der Waals surface area contributed by atoms with Crippen LogP contribution in [0.1, 0.15) is 43.0 Å². The van der Waals surface area contributed by atoms with E-state index in [1.54, 1.807) is 42.5 Å². The van der Waals surface area contributed by atoms with Crippen LogP contribution >= 0.6 is 0 Å². The highest BCUT2D eigenvalue weighted by Gasteiger charge is 2.40. The lowest BCUT2D eigenvalue weighted by Gasteiger charge is -2.28. The number of rotatable bonds is 7. The van der Waals surface area contributed by atoms with Crippen LogP contribution in [0.2, 0.25) is 0 Å². The molecule has 10 nitrogen and oxygen atoms in total. The van der Waals surface area contributed by atoms with Crippen molar-refractivity contribution in [1.29, 1.82) is 0 Å². The standard InChI is InChI=1S/C30H29FN8O2/c1-29(40,23-2-4-25(31)5-3-23)24-14-32-28(33-15-24)37-10-6-20(7-11-37)27-26-12-21(17-39(26)36-19-34-27)22-13-35-38(16-22)18-30(41)8-9-30/h2-6,12-17,19,40-41H,7-11,18H2,1H3. The third kappa shape index (κ3) is 4.87. The van der Waals surface area contributed by atoms with Crippen LogP contribution < -0.4 is 4.90 Å². The number of aromatic nitrogens is 7. The summed E-state index contributed by atoms with van der Waals surface area (Å²) in [7, 11) is 0. The monoisotopic (exact) mass is 552 g/mol. The van der Waals surface area contributed by atoms with Crippen LogP contribution in [-0.2, 0) is 12.1 Å². The SMILES string of the molecule is CC(O)(c1ccc(F)cc1)c1cnc(N2CC=C(c3ncnn4cc(-c5cnn(CC6(O)CC6)c5)cc34)CC2)nc1. The van der Waals surface area contributed by atoms with Gasteiger partial charge in [-0.2, -0.15) is 10.2 Å². The second kappa shape index (κ2) is 9.57. The molecular formula is C30H29FN8O2. The molecule has 2 aliphatic rings. The lowest BCUT2D eigenvalue weighted by molar-refractivity contribution is 0.101. The van der Waals surface area contributed by atoms with Gasteiger partial charge in [-0.3, -0.25) is 4.68 Å². The predicted octanol–water partition coefficient (Wildman–Crippen LogP) is 3.60. The fourth-order valence-corrected chi connectivity index (χ4v) is 5.28. The van der Waals surface area contributed by atoms with Crippen LogP contribution in [-0.4, -0.2) is 63.3 Å². The Morgan fingerprint density at radius 1 is 0.976 bits per heavy atom. The van der Waals surface area contributed by atoms with E-state index in [1.807, 2.05) is 23.1 Å². The highest BCUT2D eigenvalue weighted by Crippen LogP contribution is 2.37. The van der Waals surface area contributed by atoms with Gasteiger partial charge in [0.05, 0.1) is 29.6 Å². The van der Waals surface area contributed by atoms with Crippen LogP contribution in [0.5, 0.6) is 0 Å². The molecule has 1 aliphatic heterocycles. The third-order valence-corrected chi connectivity index (χ3v) is 8.06. The second-order valence-electron chi connectivity index (χ2n) is 11.1. The number of nitrogens with zero attached hydrogens (tertiary/aromatic N) is 8. The van der Waals surface area contributed by atoms with Crippen LogP contribution in [0.15, 0.2) is 73.7 Å². The van der Waals surface area contributed by atoms with Crippen molar-refractivity contribution in [3.63, 3.8) is 0 Å². The van der Waals surface area contributed by atoms with Crippen molar-refractivity contribution in [1.82, 2.24) is 34.3 Å². The Hall–Kier alpha value is -4.48. The van der Waals surface area contributed by atoms with Gasteiger partial charge in [-0.1, -0.05) is 18.2 Å². The van der Waals surface area contributed by atoms with Crippen LogP contribution in [0, 0.1) is 5.82 Å². The fraction of sp³-hybridized carbons (Fsp3) is 0.300. The van der Waals surface area contributed by atoms with E-state index in [1.165, 1.54) is 12.1 Å². The summed E-state index contributed by atoms with van der Waals surface area (Å²) in [6, 6.07) is 7.85. The number of benzene rings is 1. The largest absolute Gasteiger partial charge is 0.388 e. The van der Waals surface area contributed by atoms with Crippen molar-refractivity contribution < 1.29 is 14.6 Å². The Balaban J connectivity index is 1.08. The molecule has 1 fully saturated rings. The maximum atomic E-state index is 13.3. The zero-order valence-electron chi connectivity index (χ0n) is 22.5. The molecule has 5 heterocycles. The average molecular weight is 553 g/mol. The van der Waals surface area contributed by atoms with E-state index in [2.05, 4.69) is 42.2 Å². The molecule has 1 aliphatic carbocycles. The Morgan fingerprint density at radius 2 is 1.76 bits per heavy atom. The summed E-state index contributed by atoms with van der Waals surface area (Å²) in [5.41, 5.74) is 4.03. The summed E-state index contributed by atoms with van der Waals surface area (Å²) in [5.74, 6) is 0.218. The molecule has 1 aromatic carbocycles. The van der Waals surface area contributed by atoms with Crippen molar-refractivity contribution in [2.45, 2.75) is 43.9 Å². The minimum atomic E-state index is -1.34. The first-order valence-corrected chi connectivity index (χ1v) is 13.6. The number of halogens is 1. The minimum absolute atomic E-state index is 0.355. The summed E-state index contributed by atoms with van der Waals surface area (Å²) >= 11 is 0. The van der Waals surface area contributed by atoms with Gasteiger partial charge in [0, 0.05) is 54.6 Å². The molecule has 2 N–H and O–H groups in total. The van der Waals surface area contributed by atoms with Crippen molar-refractivity contribution in [2.24, 2.45) is 0 Å². The first-order valence-electron chi connectivity index (χ1n) is 13.6. The molecule has 0 bridgehead atoms. The summed E-state index contributed by atoms with van der Waals surface area (Å²) in [6.45, 7) is 3.48. The summed E-state index contributed by atoms with van der Waals surface area (Å²) in [5, 5.41) is 30.1. The van der Waals surface area contributed by atoms with Crippen LogP contribution in [0.3, 0.4) is 0 Å². The predicted molar refractivity (Wildman–Crippen MR) is 150 cm³/mol. The highest BCUT2D eigenvalue weighted by atomic mass is 19.1. The molecule has 4 aromatic heterocycles. The number of hydrogen-bond donors (Lipinski definition) is 2. The second-order valence-corrected chi connectivity index (χ2v) is 11.1. The Morgan fingerprint density at radius 3 is 2.46 bits per heavy atom. The van der Waals surface area contributed by atoms with Gasteiger partial charge >= 0.3 is 0 Å². The summed E-state index contributed by atoms with van der Waals surface area (Å²) in [6.07, 6.45) is 15.1. The van der Waals surface area contributed by atoms with E-state index in [0.29, 0.717) is 36.7 Å². The van der Waals surface area contributed by atoms with Gasteiger partial charge in [0.15, 0.2) is 0 Å². The third-order valence-electron chi connectivity index (χ3n) is 8.06. The first kappa shape index (κ1) is 25.5. The van der Waals surface area contributed by atoms with Crippen LogP contribution in [0.25, 0.3) is 22.2 Å². The number of hydrogen-bond acceptors (Lipinski definition) is 8. The highest BCUT2D eigenvalue weighted by molar-refractivity contribution is 5.80. The van der Waals surface area contributed by atoms with Gasteiger partial charge in [0.25, 0.3) is 0 Å². The van der Waals surface area contributed by atoms with Gasteiger partial charge in [0.2, 0.25) is 5.95 Å². The van der Waals surface area contributed by atoms with E-state index in [-0.39, 0.29) is 5.82 Å². The van der Waals surface area contributed by atoms with Crippen molar-refractivity contribution >= 4 is 17.0 Å². The zero-order valence-corrected chi connectivity index (χ0v) is 22.5. The number of fused-ring (bicyclic) bond motifs is 1. The van der Waals surface area contributed by atoms with E-state index in [4.69, 9.17) is 0 Å². The molecule has 208 valence electrons. The average Bonchev–Trinajstić information content (AvgIpc) is 3.34. The minimum Gasteiger partial charge on any atom is -0.388 e. The Labute approximate surface area is 235 Å².